The molecule has 3 nitrogen and oxygen atoms in total. The summed E-state index contributed by atoms with van der Waals surface area (Å²) in [6, 6.07) is 7.61. The molecule has 0 saturated heterocycles. The van der Waals surface area contributed by atoms with E-state index in [1.54, 1.807) is 6.07 Å². The third-order valence-corrected chi connectivity index (χ3v) is 4.03. The molecule has 6 heteroatoms. The van der Waals surface area contributed by atoms with Crippen LogP contribution < -0.4 is 5.32 Å². The van der Waals surface area contributed by atoms with Crippen LogP contribution >= 0.6 is 0 Å². The molecule has 0 amide bonds. The normalized spacial score (nSPS) is 16.1. The van der Waals surface area contributed by atoms with E-state index >= 15 is 0 Å². The van der Waals surface area contributed by atoms with Gasteiger partial charge in [0.25, 0.3) is 0 Å². The van der Waals surface area contributed by atoms with Gasteiger partial charge in [0.05, 0.1) is 23.8 Å². The predicted octanol–water partition coefficient (Wildman–Crippen LogP) is 4.63. The van der Waals surface area contributed by atoms with Gasteiger partial charge >= 0.3 is 6.18 Å². The molecule has 0 radical (unpaired) electrons. The van der Waals surface area contributed by atoms with Crippen LogP contribution in [0.4, 0.5) is 18.9 Å². The third-order valence-electron chi connectivity index (χ3n) is 4.03. The lowest BCUT2D eigenvalue weighted by Gasteiger charge is -2.10. The molecule has 1 heterocycles. The van der Waals surface area contributed by atoms with E-state index in [-0.39, 0.29) is 0 Å². The lowest BCUT2D eigenvalue weighted by atomic mass is 10.2. The van der Waals surface area contributed by atoms with Crippen molar-refractivity contribution in [2.45, 2.75) is 44.4 Å². The van der Waals surface area contributed by atoms with E-state index in [4.69, 9.17) is 0 Å². The third kappa shape index (κ3) is 3.43. The maximum Gasteiger partial charge on any atom is 0.416 e. The van der Waals surface area contributed by atoms with Gasteiger partial charge in [0, 0.05) is 11.9 Å². The molecule has 1 saturated carbocycles. The van der Waals surface area contributed by atoms with Gasteiger partial charge in [-0.05, 0) is 37.1 Å². The van der Waals surface area contributed by atoms with Gasteiger partial charge in [0.15, 0.2) is 0 Å². The first-order chi connectivity index (χ1) is 10.5. The van der Waals surface area contributed by atoms with Crippen LogP contribution in [-0.4, -0.2) is 9.78 Å². The number of rotatable bonds is 4. The minimum Gasteiger partial charge on any atom is -0.379 e. The molecule has 1 aromatic carbocycles. The van der Waals surface area contributed by atoms with Gasteiger partial charge in [-0.15, -0.1) is 0 Å². The molecule has 1 aromatic heterocycles. The fourth-order valence-electron chi connectivity index (χ4n) is 2.84. The highest BCUT2D eigenvalue weighted by Crippen LogP contribution is 2.31. The van der Waals surface area contributed by atoms with Crippen LogP contribution in [0.2, 0.25) is 0 Å². The van der Waals surface area contributed by atoms with Crippen molar-refractivity contribution in [2.24, 2.45) is 0 Å². The van der Waals surface area contributed by atoms with Crippen molar-refractivity contribution in [1.82, 2.24) is 9.78 Å². The molecule has 1 aliphatic carbocycles. The molecule has 1 N–H and O–H groups in total. The number of alkyl halides is 3. The number of nitrogens with zero attached hydrogens (tertiary/aromatic N) is 2. The molecule has 0 atom stereocenters. The van der Waals surface area contributed by atoms with E-state index < -0.39 is 11.7 Å². The molecule has 0 bridgehead atoms. The summed E-state index contributed by atoms with van der Waals surface area (Å²) in [7, 11) is 0. The smallest absolute Gasteiger partial charge is 0.379 e. The number of anilines is 1. The Bertz CT molecular complexity index is 628. The molecule has 0 aliphatic heterocycles. The standard InChI is InChI=1S/C16H18F3N3/c17-16(18,19)12-4-3-5-13(10-12)20-11-14-8-9-22(21-14)15-6-1-2-7-15/h3-5,8-10,15,20H,1-2,6-7,11H2. The quantitative estimate of drug-likeness (QED) is 0.892. The maximum atomic E-state index is 12.7. The van der Waals surface area contributed by atoms with E-state index in [0.29, 0.717) is 18.3 Å². The van der Waals surface area contributed by atoms with Crippen molar-refractivity contribution in [3.05, 3.63) is 47.8 Å². The minimum absolute atomic E-state index is 0.418. The Balaban J connectivity index is 1.63. The average molecular weight is 309 g/mol. The summed E-state index contributed by atoms with van der Waals surface area (Å²) >= 11 is 0. The zero-order valence-electron chi connectivity index (χ0n) is 12.1. The molecular weight excluding hydrogens is 291 g/mol. The van der Waals surface area contributed by atoms with Crippen LogP contribution in [0.1, 0.15) is 43.0 Å². The second-order valence-corrected chi connectivity index (χ2v) is 5.66. The summed E-state index contributed by atoms with van der Waals surface area (Å²) in [5.74, 6) is 0. The maximum absolute atomic E-state index is 12.7. The Morgan fingerprint density at radius 1 is 1.18 bits per heavy atom. The van der Waals surface area contributed by atoms with Gasteiger partial charge in [-0.25, -0.2) is 0 Å². The summed E-state index contributed by atoms with van der Waals surface area (Å²) in [5, 5.41) is 7.51. The number of aromatic nitrogens is 2. The number of hydrogen-bond acceptors (Lipinski definition) is 2. The van der Waals surface area contributed by atoms with Crippen LogP contribution in [0.25, 0.3) is 0 Å². The summed E-state index contributed by atoms with van der Waals surface area (Å²) in [6.45, 7) is 0.418. The summed E-state index contributed by atoms with van der Waals surface area (Å²) in [4.78, 5) is 0. The molecule has 1 fully saturated rings. The van der Waals surface area contributed by atoms with Crippen molar-refractivity contribution < 1.29 is 13.2 Å². The highest BCUT2D eigenvalue weighted by molar-refractivity contribution is 5.46. The second-order valence-electron chi connectivity index (χ2n) is 5.66. The first-order valence-corrected chi connectivity index (χ1v) is 7.47. The van der Waals surface area contributed by atoms with Gasteiger partial charge in [-0.3, -0.25) is 4.68 Å². The van der Waals surface area contributed by atoms with Crippen molar-refractivity contribution in [1.29, 1.82) is 0 Å². The molecule has 22 heavy (non-hydrogen) atoms. The largest absolute Gasteiger partial charge is 0.416 e. The van der Waals surface area contributed by atoms with E-state index in [1.807, 2.05) is 16.9 Å². The highest BCUT2D eigenvalue weighted by atomic mass is 19.4. The Hall–Kier alpha value is -1.98. The zero-order chi connectivity index (χ0) is 15.6. The van der Waals surface area contributed by atoms with Crippen LogP contribution in [0.3, 0.4) is 0 Å². The monoisotopic (exact) mass is 309 g/mol. The molecular formula is C16H18F3N3. The summed E-state index contributed by atoms with van der Waals surface area (Å²) in [6.07, 6.45) is 2.43. The van der Waals surface area contributed by atoms with E-state index in [0.717, 1.165) is 30.7 Å². The van der Waals surface area contributed by atoms with Crippen LogP contribution in [-0.2, 0) is 12.7 Å². The van der Waals surface area contributed by atoms with Gasteiger partial charge in [-0.2, -0.15) is 18.3 Å². The van der Waals surface area contributed by atoms with Crippen molar-refractivity contribution in [2.75, 3.05) is 5.32 Å². The topological polar surface area (TPSA) is 29.9 Å². The molecule has 1 aliphatic rings. The fourth-order valence-corrected chi connectivity index (χ4v) is 2.84. The first kappa shape index (κ1) is 14.9. The van der Waals surface area contributed by atoms with Gasteiger partial charge < -0.3 is 5.32 Å². The van der Waals surface area contributed by atoms with Gasteiger partial charge in [-0.1, -0.05) is 18.9 Å². The zero-order valence-corrected chi connectivity index (χ0v) is 12.1. The Morgan fingerprint density at radius 2 is 1.95 bits per heavy atom. The number of nitrogens with one attached hydrogen (secondary N) is 1. The van der Waals surface area contributed by atoms with Gasteiger partial charge in [0.2, 0.25) is 0 Å². The van der Waals surface area contributed by atoms with E-state index in [9.17, 15) is 13.2 Å². The Morgan fingerprint density at radius 3 is 2.68 bits per heavy atom. The van der Waals surface area contributed by atoms with Crippen molar-refractivity contribution in [3.8, 4) is 0 Å². The van der Waals surface area contributed by atoms with Crippen LogP contribution in [0.15, 0.2) is 36.5 Å². The second kappa shape index (κ2) is 6.02. The van der Waals surface area contributed by atoms with Crippen LogP contribution in [0.5, 0.6) is 0 Å². The fraction of sp³-hybridized carbons (Fsp3) is 0.438. The van der Waals surface area contributed by atoms with Gasteiger partial charge in [0.1, 0.15) is 0 Å². The number of benzene rings is 1. The lowest BCUT2D eigenvalue weighted by Crippen LogP contribution is -2.08. The van der Waals surface area contributed by atoms with E-state index in [1.165, 1.54) is 18.9 Å². The molecule has 3 rings (SSSR count). The number of hydrogen-bond donors (Lipinski definition) is 1. The first-order valence-electron chi connectivity index (χ1n) is 7.47. The SMILES string of the molecule is FC(F)(F)c1cccc(NCc2ccn(C3CCCC3)n2)c1. The lowest BCUT2D eigenvalue weighted by molar-refractivity contribution is -0.137. The molecule has 0 unspecified atom stereocenters. The highest BCUT2D eigenvalue weighted by Gasteiger charge is 2.30. The minimum atomic E-state index is -4.32. The molecule has 118 valence electrons. The number of halogens is 3. The molecule has 0 spiro atoms. The predicted molar refractivity (Wildman–Crippen MR) is 78.5 cm³/mol. The van der Waals surface area contributed by atoms with E-state index in [2.05, 4.69) is 10.4 Å². The van der Waals surface area contributed by atoms with Crippen molar-refractivity contribution >= 4 is 5.69 Å². The molecule has 2 aromatic rings. The average Bonchev–Trinajstić information content (AvgIpc) is 3.15. The van der Waals surface area contributed by atoms with Crippen LogP contribution in [0, 0.1) is 0 Å². The Labute approximate surface area is 127 Å². The Kier molecular flexibility index (Phi) is 4.09. The summed E-state index contributed by atoms with van der Waals surface area (Å²) < 4.78 is 40.0. The summed E-state index contributed by atoms with van der Waals surface area (Å²) in [5.41, 5.74) is 0.642. The van der Waals surface area contributed by atoms with Crippen molar-refractivity contribution in [3.63, 3.8) is 0 Å².